The smallest absolute Gasteiger partial charge is 0.257 e. The van der Waals surface area contributed by atoms with Gasteiger partial charge in [0.05, 0.1) is 12.2 Å². The lowest BCUT2D eigenvalue weighted by Crippen LogP contribution is -2.36. The van der Waals surface area contributed by atoms with Crippen molar-refractivity contribution in [2.45, 2.75) is 19.9 Å². The Balaban J connectivity index is 1.60. The van der Waals surface area contributed by atoms with Crippen molar-refractivity contribution in [1.82, 2.24) is 19.9 Å². The van der Waals surface area contributed by atoms with E-state index in [9.17, 15) is 4.79 Å². The second kappa shape index (κ2) is 6.48. The van der Waals surface area contributed by atoms with Crippen LogP contribution in [-0.2, 0) is 0 Å². The third-order valence-corrected chi connectivity index (χ3v) is 3.42. The molecule has 3 aromatic rings. The molecule has 6 heteroatoms. The number of hydrogen-bond donors (Lipinski definition) is 1. The first-order chi connectivity index (χ1) is 11.1. The minimum Gasteiger partial charge on any atom is -0.491 e. The quantitative estimate of drug-likeness (QED) is 0.784. The number of hydrogen-bond acceptors (Lipinski definition) is 4. The number of nitrogens with zero attached hydrogens (tertiary/aromatic N) is 3. The molecule has 0 saturated carbocycles. The van der Waals surface area contributed by atoms with Crippen molar-refractivity contribution in [1.29, 1.82) is 0 Å². The van der Waals surface area contributed by atoms with Gasteiger partial charge in [-0.2, -0.15) is 5.10 Å². The summed E-state index contributed by atoms with van der Waals surface area (Å²) in [5, 5.41) is 7.01. The number of amides is 1. The van der Waals surface area contributed by atoms with Gasteiger partial charge in [-0.15, -0.1) is 0 Å². The van der Waals surface area contributed by atoms with Crippen molar-refractivity contribution < 1.29 is 9.53 Å². The molecule has 0 saturated heterocycles. The molecule has 0 radical (unpaired) electrons. The van der Waals surface area contributed by atoms with Gasteiger partial charge in [0.2, 0.25) is 0 Å². The summed E-state index contributed by atoms with van der Waals surface area (Å²) >= 11 is 0. The van der Waals surface area contributed by atoms with Gasteiger partial charge in [-0.05, 0) is 32.0 Å². The second-order valence-electron chi connectivity index (χ2n) is 5.44. The summed E-state index contributed by atoms with van der Waals surface area (Å²) in [5.41, 5.74) is 2.17. The fourth-order valence-corrected chi connectivity index (χ4v) is 2.19. The van der Waals surface area contributed by atoms with Gasteiger partial charge in [-0.25, -0.2) is 9.50 Å². The van der Waals surface area contributed by atoms with Gasteiger partial charge < -0.3 is 10.1 Å². The van der Waals surface area contributed by atoms with Gasteiger partial charge in [0, 0.05) is 12.4 Å². The second-order valence-corrected chi connectivity index (χ2v) is 5.44. The Hall–Kier alpha value is -2.89. The molecule has 2 heterocycles. The third-order valence-electron chi connectivity index (χ3n) is 3.42. The fraction of sp³-hybridized carbons (Fsp3) is 0.235. The lowest BCUT2D eigenvalue weighted by atomic mass is 10.2. The molecule has 3 rings (SSSR count). The van der Waals surface area contributed by atoms with Crippen LogP contribution in [0, 0.1) is 6.92 Å². The van der Waals surface area contributed by atoms with E-state index in [1.807, 2.05) is 38.1 Å². The molecule has 2 aromatic heterocycles. The van der Waals surface area contributed by atoms with Crippen LogP contribution in [0.25, 0.3) is 5.65 Å². The van der Waals surface area contributed by atoms with E-state index in [4.69, 9.17) is 4.74 Å². The zero-order chi connectivity index (χ0) is 16.2. The maximum atomic E-state index is 12.3. The first-order valence-corrected chi connectivity index (χ1v) is 7.42. The Morgan fingerprint density at radius 3 is 2.91 bits per heavy atom. The number of ether oxygens (including phenoxy) is 1. The lowest BCUT2D eigenvalue weighted by molar-refractivity contribution is 0.0928. The summed E-state index contributed by atoms with van der Waals surface area (Å²) in [6, 6.07) is 9.44. The van der Waals surface area contributed by atoms with Crippen LogP contribution in [0.2, 0.25) is 0 Å². The highest BCUT2D eigenvalue weighted by Crippen LogP contribution is 2.12. The fourth-order valence-electron chi connectivity index (χ4n) is 2.19. The summed E-state index contributed by atoms with van der Waals surface area (Å²) in [4.78, 5) is 16.5. The van der Waals surface area contributed by atoms with E-state index in [1.54, 1.807) is 23.0 Å². The lowest BCUT2D eigenvalue weighted by Gasteiger charge is -2.14. The molecular formula is C17H18N4O2. The first-order valence-electron chi connectivity index (χ1n) is 7.42. The molecule has 1 atom stereocenters. The third kappa shape index (κ3) is 3.48. The van der Waals surface area contributed by atoms with Crippen LogP contribution >= 0.6 is 0 Å². The van der Waals surface area contributed by atoms with Gasteiger partial charge in [0.25, 0.3) is 5.91 Å². The minimum absolute atomic E-state index is 0.137. The van der Waals surface area contributed by atoms with Crippen LogP contribution in [0.1, 0.15) is 22.8 Å². The number of fused-ring (bicyclic) bond motifs is 1. The monoisotopic (exact) mass is 310 g/mol. The number of nitrogens with one attached hydrogen (secondary N) is 1. The number of carbonyl (C=O) groups is 1. The normalized spacial score (nSPS) is 12.1. The van der Waals surface area contributed by atoms with Gasteiger partial charge >= 0.3 is 0 Å². The highest BCUT2D eigenvalue weighted by Gasteiger charge is 2.16. The zero-order valence-electron chi connectivity index (χ0n) is 13.1. The van der Waals surface area contributed by atoms with E-state index < -0.39 is 0 Å². The summed E-state index contributed by atoms with van der Waals surface area (Å²) in [7, 11) is 0. The van der Waals surface area contributed by atoms with Crippen molar-refractivity contribution >= 4 is 11.6 Å². The number of aromatic nitrogens is 3. The predicted molar refractivity (Wildman–Crippen MR) is 86.6 cm³/mol. The molecule has 0 aliphatic rings. The van der Waals surface area contributed by atoms with Crippen molar-refractivity contribution in [3.05, 3.63) is 60.0 Å². The molecule has 23 heavy (non-hydrogen) atoms. The Morgan fingerprint density at radius 1 is 1.35 bits per heavy atom. The highest BCUT2D eigenvalue weighted by molar-refractivity contribution is 5.99. The largest absolute Gasteiger partial charge is 0.491 e. The first kappa shape index (κ1) is 15.0. The molecular weight excluding hydrogens is 292 g/mol. The predicted octanol–water partition coefficient (Wildman–Crippen LogP) is 2.24. The summed E-state index contributed by atoms with van der Waals surface area (Å²) < 4.78 is 7.25. The van der Waals surface area contributed by atoms with E-state index in [1.165, 1.54) is 11.8 Å². The summed E-state index contributed by atoms with van der Waals surface area (Å²) in [6.07, 6.45) is 4.91. The minimum atomic E-state index is -0.210. The molecule has 0 bridgehead atoms. The van der Waals surface area contributed by atoms with Gasteiger partial charge in [-0.3, -0.25) is 4.79 Å². The van der Waals surface area contributed by atoms with Crippen molar-refractivity contribution in [2.24, 2.45) is 0 Å². The van der Waals surface area contributed by atoms with E-state index in [-0.39, 0.29) is 11.9 Å². The van der Waals surface area contributed by atoms with Crippen LogP contribution < -0.4 is 10.1 Å². The van der Waals surface area contributed by atoms with E-state index in [2.05, 4.69) is 15.4 Å². The van der Waals surface area contributed by atoms with E-state index >= 15 is 0 Å². The molecule has 1 amide bonds. The Kier molecular flexibility index (Phi) is 4.23. The molecule has 1 N–H and O–H groups in total. The molecule has 0 aliphatic heterocycles. The van der Waals surface area contributed by atoms with Gasteiger partial charge in [0.1, 0.15) is 17.9 Å². The van der Waals surface area contributed by atoms with Crippen LogP contribution in [-0.4, -0.2) is 33.2 Å². The average Bonchev–Trinajstić information content (AvgIpc) is 2.98. The molecule has 118 valence electrons. The van der Waals surface area contributed by atoms with Crippen LogP contribution in [0.4, 0.5) is 0 Å². The number of benzene rings is 1. The molecule has 6 nitrogen and oxygen atoms in total. The van der Waals surface area contributed by atoms with E-state index in [0.717, 1.165) is 5.75 Å². The van der Waals surface area contributed by atoms with Crippen LogP contribution in [0.5, 0.6) is 5.75 Å². The topological polar surface area (TPSA) is 68.5 Å². The molecule has 0 spiro atoms. The Morgan fingerprint density at radius 2 is 2.13 bits per heavy atom. The maximum absolute atomic E-state index is 12.3. The van der Waals surface area contributed by atoms with Gasteiger partial charge in [0.15, 0.2) is 5.65 Å². The molecule has 0 aliphatic carbocycles. The summed E-state index contributed by atoms with van der Waals surface area (Å²) in [6.45, 7) is 4.31. The van der Waals surface area contributed by atoms with E-state index in [0.29, 0.717) is 17.8 Å². The number of carbonyl (C=O) groups excluding carboxylic acids is 1. The molecule has 1 aromatic carbocycles. The standard InChI is InChI=1S/C17H18N4O2/c1-12-4-6-14(7-5-12)23-11-13(2)20-17(22)15-10-19-21-9-3-8-18-16(15)21/h3-10,13H,11H2,1-2H3,(H,20,22)/t13-/m1/s1. The van der Waals surface area contributed by atoms with Crippen molar-refractivity contribution in [3.63, 3.8) is 0 Å². The van der Waals surface area contributed by atoms with Crippen LogP contribution in [0.3, 0.4) is 0 Å². The Bertz CT molecular complexity index is 811. The molecule has 0 fully saturated rings. The molecule has 0 unspecified atom stereocenters. The summed E-state index contributed by atoms with van der Waals surface area (Å²) in [5.74, 6) is 0.577. The van der Waals surface area contributed by atoms with Crippen molar-refractivity contribution in [3.8, 4) is 5.75 Å². The Labute approximate surface area is 134 Å². The zero-order valence-corrected chi connectivity index (χ0v) is 13.1. The van der Waals surface area contributed by atoms with Crippen LogP contribution in [0.15, 0.2) is 48.9 Å². The number of rotatable bonds is 5. The highest BCUT2D eigenvalue weighted by atomic mass is 16.5. The number of aryl methyl sites for hydroxylation is 1. The average molecular weight is 310 g/mol. The SMILES string of the molecule is Cc1ccc(OC[C@@H](C)NC(=O)c2cnn3cccnc23)cc1. The maximum Gasteiger partial charge on any atom is 0.257 e. The van der Waals surface area contributed by atoms with Crippen molar-refractivity contribution in [2.75, 3.05) is 6.61 Å². The van der Waals surface area contributed by atoms with Gasteiger partial charge in [-0.1, -0.05) is 17.7 Å².